The van der Waals surface area contributed by atoms with Crippen molar-refractivity contribution in [2.75, 3.05) is 0 Å². The smallest absolute Gasteiger partial charge is 0.0945 e. The maximum Gasteiger partial charge on any atom is 0.0945 e. The van der Waals surface area contributed by atoms with Crippen molar-refractivity contribution in [1.29, 1.82) is 0 Å². The number of aryl methyl sites for hydroxylation is 2. The van der Waals surface area contributed by atoms with E-state index in [9.17, 15) is 0 Å². The van der Waals surface area contributed by atoms with Crippen LogP contribution in [0.4, 0.5) is 0 Å². The molecule has 0 amide bonds. The molecule has 0 bridgehead atoms. The molecule has 0 atom stereocenters. The van der Waals surface area contributed by atoms with Gasteiger partial charge in [-0.3, -0.25) is 0 Å². The van der Waals surface area contributed by atoms with Gasteiger partial charge in [-0.1, -0.05) is 24.3 Å². The number of aromatic nitrogens is 2. The molecule has 3 rings (SSSR count). The van der Waals surface area contributed by atoms with Crippen molar-refractivity contribution < 1.29 is 0 Å². The first-order chi connectivity index (χ1) is 10.8. The fourth-order valence-corrected chi connectivity index (χ4v) is 2.71. The van der Waals surface area contributed by atoms with Gasteiger partial charge in [0.2, 0.25) is 0 Å². The van der Waals surface area contributed by atoms with Crippen LogP contribution in [0.1, 0.15) is 36.8 Å². The lowest BCUT2D eigenvalue weighted by atomic mass is 10.0. The number of hydrogen-bond donors (Lipinski definition) is 1. The van der Waals surface area contributed by atoms with Crippen LogP contribution in [0.25, 0.3) is 0 Å². The highest BCUT2D eigenvalue weighted by molar-refractivity contribution is 7.97. The fourth-order valence-electron chi connectivity index (χ4n) is 2.56. The van der Waals surface area contributed by atoms with Crippen LogP contribution < -0.4 is 0 Å². The summed E-state index contributed by atoms with van der Waals surface area (Å²) in [6.07, 6.45) is 11.0. The maximum atomic E-state index is 4.24. The van der Waals surface area contributed by atoms with E-state index in [-0.39, 0.29) is 0 Å². The minimum atomic E-state index is 0.818. The zero-order valence-electron chi connectivity index (χ0n) is 12.5. The van der Waals surface area contributed by atoms with Crippen molar-refractivity contribution in [3.8, 4) is 0 Å². The van der Waals surface area contributed by atoms with Gasteiger partial charge in [0, 0.05) is 25.4 Å². The minimum absolute atomic E-state index is 0.818. The summed E-state index contributed by atoms with van der Waals surface area (Å²) in [5.74, 6) is 0. The number of imidazole rings is 1. The van der Waals surface area contributed by atoms with E-state index in [1.54, 1.807) is 0 Å². The van der Waals surface area contributed by atoms with Gasteiger partial charge >= 0.3 is 0 Å². The second-order valence-electron chi connectivity index (χ2n) is 5.52. The quantitative estimate of drug-likeness (QED) is 0.641. The van der Waals surface area contributed by atoms with Crippen LogP contribution in [0.15, 0.2) is 53.2 Å². The third kappa shape index (κ3) is 4.07. The molecule has 0 radical (unpaired) electrons. The van der Waals surface area contributed by atoms with Crippen molar-refractivity contribution >= 4 is 23.4 Å². The highest BCUT2D eigenvalue weighted by Gasteiger charge is 2.09. The molecule has 0 saturated heterocycles. The summed E-state index contributed by atoms with van der Waals surface area (Å²) in [5, 5.41) is 9.11. The Balaban J connectivity index is 1.49. The summed E-state index contributed by atoms with van der Waals surface area (Å²) in [6.45, 7) is 1.04. The third-order valence-corrected chi connectivity index (χ3v) is 4.16. The average Bonchev–Trinajstić information content (AvgIpc) is 3.06. The molecule has 1 aromatic heterocycles. The standard InChI is InChI=1S/C17H20N4S/c22-17-9-8-16(19-20-17)15-6-4-14(5-7-15)3-1-2-11-21-12-10-18-13-21/h4-7,10,12-13H,1-3,8-9,11H2,(H,20,22). The zero-order chi connectivity index (χ0) is 15.2. The Labute approximate surface area is 136 Å². The molecule has 1 aromatic carbocycles. The monoisotopic (exact) mass is 312 g/mol. The Morgan fingerprint density at radius 1 is 1.05 bits per heavy atom. The van der Waals surface area contributed by atoms with E-state index in [0.717, 1.165) is 36.6 Å². The number of benzene rings is 1. The van der Waals surface area contributed by atoms with Crippen LogP contribution in [-0.2, 0) is 13.0 Å². The highest BCUT2D eigenvalue weighted by Crippen LogP contribution is 2.15. The van der Waals surface area contributed by atoms with Gasteiger partial charge in [0.05, 0.1) is 17.1 Å². The van der Waals surface area contributed by atoms with Crippen molar-refractivity contribution in [2.24, 2.45) is 10.2 Å². The Hall–Kier alpha value is -1.88. The molecule has 114 valence electrons. The molecule has 4 nitrogen and oxygen atoms in total. The largest absolute Gasteiger partial charge is 0.337 e. The number of unbranched alkanes of at least 4 members (excludes halogenated alkanes) is 1. The molecule has 5 heteroatoms. The second kappa shape index (κ2) is 7.40. The molecule has 2 aromatic rings. The number of thiol groups is 1. The molecule has 2 heterocycles. The topological polar surface area (TPSA) is 42.5 Å². The minimum Gasteiger partial charge on any atom is -0.337 e. The second-order valence-corrected chi connectivity index (χ2v) is 6.03. The summed E-state index contributed by atoms with van der Waals surface area (Å²) >= 11 is 4.24. The fraction of sp³-hybridized carbons (Fsp3) is 0.353. The average molecular weight is 312 g/mol. The first-order valence-corrected chi connectivity index (χ1v) is 8.13. The summed E-state index contributed by atoms with van der Waals surface area (Å²) in [6, 6.07) is 8.72. The first-order valence-electron chi connectivity index (χ1n) is 7.69. The van der Waals surface area contributed by atoms with Crippen molar-refractivity contribution in [3.63, 3.8) is 0 Å². The molecule has 0 unspecified atom stereocenters. The van der Waals surface area contributed by atoms with E-state index in [0.29, 0.717) is 0 Å². The molecular formula is C17H20N4S. The van der Waals surface area contributed by atoms with Crippen molar-refractivity contribution in [2.45, 2.75) is 38.6 Å². The molecule has 0 N–H and O–H groups in total. The molecular weight excluding hydrogens is 292 g/mol. The molecule has 0 aliphatic carbocycles. The van der Waals surface area contributed by atoms with Crippen LogP contribution in [0.3, 0.4) is 0 Å². The molecule has 0 saturated carbocycles. The van der Waals surface area contributed by atoms with Gasteiger partial charge in [-0.25, -0.2) is 4.98 Å². The van der Waals surface area contributed by atoms with E-state index in [1.807, 2.05) is 18.7 Å². The molecule has 0 spiro atoms. The van der Waals surface area contributed by atoms with Gasteiger partial charge in [0.1, 0.15) is 0 Å². The first kappa shape index (κ1) is 15.0. The predicted octanol–water partition coefficient (Wildman–Crippen LogP) is 3.73. The van der Waals surface area contributed by atoms with Crippen molar-refractivity contribution in [3.05, 3.63) is 54.1 Å². The van der Waals surface area contributed by atoms with Crippen LogP contribution in [0, 0.1) is 0 Å². The molecule has 1 aliphatic rings. The van der Waals surface area contributed by atoms with Crippen LogP contribution in [0.2, 0.25) is 0 Å². The van der Waals surface area contributed by atoms with E-state index in [2.05, 4.69) is 56.6 Å². The van der Waals surface area contributed by atoms with Gasteiger partial charge in [0.25, 0.3) is 0 Å². The van der Waals surface area contributed by atoms with E-state index in [1.165, 1.54) is 24.0 Å². The maximum absolute atomic E-state index is 4.24. The van der Waals surface area contributed by atoms with Gasteiger partial charge in [0.15, 0.2) is 0 Å². The Morgan fingerprint density at radius 2 is 1.91 bits per heavy atom. The Morgan fingerprint density at radius 3 is 2.59 bits per heavy atom. The number of hydrogen-bond acceptors (Lipinski definition) is 3. The number of nitrogens with zero attached hydrogens (tertiary/aromatic N) is 4. The van der Waals surface area contributed by atoms with Crippen molar-refractivity contribution in [1.82, 2.24) is 9.55 Å². The molecule has 22 heavy (non-hydrogen) atoms. The van der Waals surface area contributed by atoms with Gasteiger partial charge < -0.3 is 4.57 Å². The summed E-state index contributed by atoms with van der Waals surface area (Å²) in [7, 11) is 0. The predicted molar refractivity (Wildman–Crippen MR) is 93.8 cm³/mol. The van der Waals surface area contributed by atoms with Crippen LogP contribution in [-0.4, -0.2) is 20.3 Å². The lowest BCUT2D eigenvalue weighted by Gasteiger charge is -2.10. The van der Waals surface area contributed by atoms with E-state index < -0.39 is 0 Å². The van der Waals surface area contributed by atoms with Gasteiger partial charge in [-0.05, 0) is 36.8 Å². The molecule has 1 aliphatic heterocycles. The van der Waals surface area contributed by atoms with Gasteiger partial charge in [-0.2, -0.15) is 5.10 Å². The van der Waals surface area contributed by atoms with Crippen LogP contribution in [0.5, 0.6) is 0 Å². The third-order valence-electron chi connectivity index (χ3n) is 3.85. The van der Waals surface area contributed by atoms with Gasteiger partial charge in [-0.15, -0.1) is 17.7 Å². The highest BCUT2D eigenvalue weighted by atomic mass is 32.1. The summed E-state index contributed by atoms with van der Waals surface area (Å²) in [4.78, 5) is 4.06. The SMILES string of the molecule is SC1=NN=C(c2ccc(CCCCn3ccnc3)cc2)CC1. The Bertz CT molecular complexity index is 656. The van der Waals surface area contributed by atoms with E-state index in [4.69, 9.17) is 0 Å². The lowest BCUT2D eigenvalue weighted by molar-refractivity contribution is 0.609. The Kier molecular flexibility index (Phi) is 5.06. The number of rotatable bonds is 6. The van der Waals surface area contributed by atoms with E-state index >= 15 is 0 Å². The molecule has 0 fully saturated rings. The zero-order valence-corrected chi connectivity index (χ0v) is 13.4. The summed E-state index contributed by atoms with van der Waals surface area (Å²) < 4.78 is 2.13. The lowest BCUT2D eigenvalue weighted by Crippen LogP contribution is -2.07. The summed E-state index contributed by atoms with van der Waals surface area (Å²) in [5.41, 5.74) is 3.61. The normalized spacial score (nSPS) is 14.6. The van der Waals surface area contributed by atoms with Crippen LogP contribution >= 0.6 is 12.6 Å².